The first-order valence-corrected chi connectivity index (χ1v) is 6.19. The normalized spacial score (nSPS) is 11.2. The average Bonchev–Trinajstić information content (AvgIpc) is 2.76. The summed E-state index contributed by atoms with van der Waals surface area (Å²) < 4.78 is 31.7. The molecule has 0 amide bonds. The SMILES string of the molecule is CC(C)NCCc1ncc(-c2cc(F)cc(F)c2)o1. The molecule has 2 aromatic rings. The molecule has 0 atom stereocenters. The van der Waals surface area contributed by atoms with Gasteiger partial charge in [-0.1, -0.05) is 13.8 Å². The van der Waals surface area contributed by atoms with Gasteiger partial charge in [-0.15, -0.1) is 0 Å². The van der Waals surface area contributed by atoms with E-state index in [9.17, 15) is 8.78 Å². The lowest BCUT2D eigenvalue weighted by atomic mass is 10.2. The zero-order valence-corrected chi connectivity index (χ0v) is 10.9. The molecule has 0 unspecified atom stereocenters. The Morgan fingerprint density at radius 2 is 1.89 bits per heavy atom. The van der Waals surface area contributed by atoms with Crippen LogP contribution < -0.4 is 5.32 Å². The first-order valence-electron chi connectivity index (χ1n) is 6.19. The summed E-state index contributed by atoms with van der Waals surface area (Å²) in [6, 6.07) is 3.67. The molecule has 2 rings (SSSR count). The Hall–Kier alpha value is -1.75. The molecule has 19 heavy (non-hydrogen) atoms. The van der Waals surface area contributed by atoms with Gasteiger partial charge in [0.1, 0.15) is 11.6 Å². The molecule has 0 aliphatic heterocycles. The molecule has 1 aromatic heterocycles. The number of oxazole rings is 1. The molecule has 0 radical (unpaired) electrons. The van der Waals surface area contributed by atoms with Crippen molar-refractivity contribution in [3.8, 4) is 11.3 Å². The van der Waals surface area contributed by atoms with Gasteiger partial charge in [-0.05, 0) is 12.1 Å². The number of rotatable bonds is 5. The van der Waals surface area contributed by atoms with Crippen molar-refractivity contribution < 1.29 is 13.2 Å². The molecule has 0 spiro atoms. The van der Waals surface area contributed by atoms with Gasteiger partial charge in [0.15, 0.2) is 11.7 Å². The Bertz CT molecular complexity index is 532. The zero-order chi connectivity index (χ0) is 13.8. The first kappa shape index (κ1) is 13.7. The molecule has 0 bridgehead atoms. The summed E-state index contributed by atoms with van der Waals surface area (Å²) in [7, 11) is 0. The minimum Gasteiger partial charge on any atom is -0.441 e. The fraction of sp³-hybridized carbons (Fsp3) is 0.357. The van der Waals surface area contributed by atoms with Crippen LogP contribution >= 0.6 is 0 Å². The van der Waals surface area contributed by atoms with E-state index in [2.05, 4.69) is 24.1 Å². The van der Waals surface area contributed by atoms with Crippen molar-refractivity contribution in [3.05, 3.63) is 41.9 Å². The van der Waals surface area contributed by atoms with Crippen LogP contribution in [0.2, 0.25) is 0 Å². The summed E-state index contributed by atoms with van der Waals surface area (Å²) in [5.74, 6) is -0.338. The second kappa shape index (κ2) is 5.93. The van der Waals surface area contributed by atoms with Crippen molar-refractivity contribution in [2.24, 2.45) is 0 Å². The predicted molar refractivity (Wildman–Crippen MR) is 68.7 cm³/mol. The summed E-state index contributed by atoms with van der Waals surface area (Å²) in [6.45, 7) is 4.85. The van der Waals surface area contributed by atoms with Gasteiger partial charge in [0.2, 0.25) is 0 Å². The largest absolute Gasteiger partial charge is 0.441 e. The van der Waals surface area contributed by atoms with Gasteiger partial charge in [-0.3, -0.25) is 0 Å². The highest BCUT2D eigenvalue weighted by atomic mass is 19.1. The molecule has 0 saturated heterocycles. The van der Waals surface area contributed by atoms with Gasteiger partial charge in [0, 0.05) is 30.6 Å². The number of benzene rings is 1. The van der Waals surface area contributed by atoms with Gasteiger partial charge in [0.25, 0.3) is 0 Å². The highest BCUT2D eigenvalue weighted by molar-refractivity contribution is 5.56. The number of hydrogen-bond donors (Lipinski definition) is 1. The Balaban J connectivity index is 2.07. The summed E-state index contributed by atoms with van der Waals surface area (Å²) in [5, 5.41) is 3.24. The molecule has 0 aliphatic rings. The van der Waals surface area contributed by atoms with Crippen LogP contribution in [0.15, 0.2) is 28.8 Å². The van der Waals surface area contributed by atoms with Crippen LogP contribution in [0.3, 0.4) is 0 Å². The lowest BCUT2D eigenvalue weighted by molar-refractivity contribution is 0.484. The topological polar surface area (TPSA) is 38.1 Å². The Labute approximate surface area is 110 Å². The predicted octanol–water partition coefficient (Wildman–Crippen LogP) is 3.16. The summed E-state index contributed by atoms with van der Waals surface area (Å²) in [5.41, 5.74) is 0.355. The van der Waals surface area contributed by atoms with Crippen molar-refractivity contribution in [2.75, 3.05) is 6.54 Å². The van der Waals surface area contributed by atoms with Crippen molar-refractivity contribution in [1.82, 2.24) is 10.3 Å². The van der Waals surface area contributed by atoms with Gasteiger partial charge in [-0.25, -0.2) is 13.8 Å². The van der Waals surface area contributed by atoms with E-state index in [1.54, 1.807) is 0 Å². The van der Waals surface area contributed by atoms with Crippen LogP contribution in [-0.2, 0) is 6.42 Å². The molecule has 102 valence electrons. The van der Waals surface area contributed by atoms with Gasteiger partial charge in [-0.2, -0.15) is 0 Å². The molecular weight excluding hydrogens is 250 g/mol. The standard InChI is InChI=1S/C14H16F2N2O/c1-9(2)17-4-3-14-18-8-13(19-14)10-5-11(15)7-12(16)6-10/h5-9,17H,3-4H2,1-2H3. The minimum atomic E-state index is -0.630. The number of halogens is 2. The second-order valence-electron chi connectivity index (χ2n) is 4.64. The van der Waals surface area contributed by atoms with E-state index < -0.39 is 11.6 Å². The zero-order valence-electron chi connectivity index (χ0n) is 10.9. The third-order valence-corrected chi connectivity index (χ3v) is 2.59. The van der Waals surface area contributed by atoms with E-state index in [0.29, 0.717) is 29.7 Å². The number of nitrogens with zero attached hydrogens (tertiary/aromatic N) is 1. The van der Waals surface area contributed by atoms with Crippen molar-refractivity contribution in [2.45, 2.75) is 26.3 Å². The fourth-order valence-corrected chi connectivity index (χ4v) is 1.72. The molecule has 1 heterocycles. The van der Waals surface area contributed by atoms with Crippen LogP contribution in [-0.4, -0.2) is 17.6 Å². The summed E-state index contributed by atoms with van der Waals surface area (Å²) in [6.07, 6.45) is 2.12. The Kier molecular flexibility index (Phi) is 4.27. The van der Waals surface area contributed by atoms with Crippen LogP contribution in [0, 0.1) is 11.6 Å². The van der Waals surface area contributed by atoms with Crippen molar-refractivity contribution >= 4 is 0 Å². The first-order chi connectivity index (χ1) is 9.04. The molecule has 0 saturated carbocycles. The Morgan fingerprint density at radius 1 is 1.21 bits per heavy atom. The lowest BCUT2D eigenvalue weighted by Gasteiger charge is -2.05. The van der Waals surface area contributed by atoms with Crippen LogP contribution in [0.25, 0.3) is 11.3 Å². The minimum absolute atomic E-state index is 0.355. The number of hydrogen-bond acceptors (Lipinski definition) is 3. The van der Waals surface area contributed by atoms with E-state index in [-0.39, 0.29) is 0 Å². The maximum atomic E-state index is 13.1. The monoisotopic (exact) mass is 266 g/mol. The molecule has 0 fully saturated rings. The smallest absolute Gasteiger partial charge is 0.196 e. The Morgan fingerprint density at radius 3 is 2.53 bits per heavy atom. The fourth-order valence-electron chi connectivity index (χ4n) is 1.72. The van der Waals surface area contributed by atoms with Crippen molar-refractivity contribution in [1.29, 1.82) is 0 Å². The maximum Gasteiger partial charge on any atom is 0.196 e. The highest BCUT2D eigenvalue weighted by Crippen LogP contribution is 2.22. The van der Waals surface area contributed by atoms with Gasteiger partial charge in [0.05, 0.1) is 6.20 Å². The van der Waals surface area contributed by atoms with E-state index in [0.717, 1.165) is 12.6 Å². The average molecular weight is 266 g/mol. The van der Waals surface area contributed by atoms with Crippen molar-refractivity contribution in [3.63, 3.8) is 0 Å². The number of nitrogens with one attached hydrogen (secondary N) is 1. The van der Waals surface area contributed by atoms with Crippen LogP contribution in [0.4, 0.5) is 8.78 Å². The summed E-state index contributed by atoms with van der Waals surface area (Å²) in [4.78, 5) is 4.10. The molecular formula is C14H16F2N2O. The van der Waals surface area contributed by atoms with E-state index in [1.807, 2.05) is 0 Å². The lowest BCUT2D eigenvalue weighted by Crippen LogP contribution is -2.24. The highest BCUT2D eigenvalue weighted by Gasteiger charge is 2.09. The molecule has 1 aromatic carbocycles. The van der Waals surface area contributed by atoms with Gasteiger partial charge < -0.3 is 9.73 Å². The molecule has 1 N–H and O–H groups in total. The third-order valence-electron chi connectivity index (χ3n) is 2.59. The maximum absolute atomic E-state index is 13.1. The van der Waals surface area contributed by atoms with Gasteiger partial charge >= 0.3 is 0 Å². The van der Waals surface area contributed by atoms with E-state index >= 15 is 0 Å². The molecule has 5 heteroatoms. The quantitative estimate of drug-likeness (QED) is 0.903. The molecule has 3 nitrogen and oxygen atoms in total. The summed E-state index contributed by atoms with van der Waals surface area (Å²) >= 11 is 0. The van der Waals surface area contributed by atoms with E-state index in [4.69, 9.17) is 4.42 Å². The van der Waals surface area contributed by atoms with E-state index in [1.165, 1.54) is 18.3 Å². The second-order valence-corrected chi connectivity index (χ2v) is 4.64. The molecule has 0 aliphatic carbocycles. The third kappa shape index (κ3) is 3.86. The van der Waals surface area contributed by atoms with Crippen LogP contribution in [0.5, 0.6) is 0 Å². The van der Waals surface area contributed by atoms with Crippen LogP contribution in [0.1, 0.15) is 19.7 Å². The number of aromatic nitrogens is 1.